The number of hydrogen-bond donors (Lipinski definition) is 3. The number of phenols is 3. The van der Waals surface area contributed by atoms with E-state index in [1.807, 2.05) is 26.0 Å². The molecule has 0 aliphatic rings. The first kappa shape index (κ1) is 12.3. The molecule has 0 aliphatic carbocycles. The van der Waals surface area contributed by atoms with Crippen molar-refractivity contribution in [3.8, 4) is 17.2 Å². The van der Waals surface area contributed by atoms with Crippen LogP contribution in [0, 0.1) is 13.8 Å². The third-order valence-corrected chi connectivity index (χ3v) is 3.06. The summed E-state index contributed by atoms with van der Waals surface area (Å²) in [6.07, 6.45) is 0.431. The molecule has 0 aliphatic heterocycles. The first-order valence-corrected chi connectivity index (χ1v) is 5.78. The van der Waals surface area contributed by atoms with Gasteiger partial charge in [0.1, 0.15) is 17.2 Å². The van der Waals surface area contributed by atoms with Crippen LogP contribution in [0.5, 0.6) is 17.2 Å². The van der Waals surface area contributed by atoms with Crippen molar-refractivity contribution in [1.82, 2.24) is 0 Å². The Bertz CT molecular complexity index is 545. The van der Waals surface area contributed by atoms with Gasteiger partial charge in [-0.1, -0.05) is 18.2 Å². The van der Waals surface area contributed by atoms with Gasteiger partial charge in [0.15, 0.2) is 0 Å². The minimum absolute atomic E-state index is 0.0818. The van der Waals surface area contributed by atoms with Gasteiger partial charge in [0.2, 0.25) is 0 Å². The molecule has 3 nitrogen and oxygen atoms in total. The second-order valence-corrected chi connectivity index (χ2v) is 4.53. The van der Waals surface area contributed by atoms with Gasteiger partial charge in [-0.15, -0.1) is 0 Å². The van der Waals surface area contributed by atoms with Crippen LogP contribution >= 0.6 is 0 Å². The predicted octanol–water partition coefficient (Wildman–Crippen LogP) is 3.01. The Labute approximate surface area is 106 Å². The maximum absolute atomic E-state index is 9.74. The Kier molecular flexibility index (Phi) is 3.15. The van der Waals surface area contributed by atoms with Crippen LogP contribution < -0.4 is 0 Å². The molecule has 0 heterocycles. The first-order valence-electron chi connectivity index (χ1n) is 5.78. The molecule has 0 atom stereocenters. The van der Waals surface area contributed by atoms with E-state index in [1.165, 1.54) is 0 Å². The van der Waals surface area contributed by atoms with Crippen molar-refractivity contribution in [2.75, 3.05) is 0 Å². The molecule has 3 heteroatoms. The van der Waals surface area contributed by atoms with Crippen LogP contribution in [0.1, 0.15) is 22.3 Å². The molecule has 0 saturated heterocycles. The Morgan fingerprint density at radius 2 is 1.39 bits per heavy atom. The van der Waals surface area contributed by atoms with E-state index >= 15 is 0 Å². The summed E-state index contributed by atoms with van der Waals surface area (Å²) in [4.78, 5) is 0. The van der Waals surface area contributed by atoms with Gasteiger partial charge < -0.3 is 15.3 Å². The molecule has 0 aromatic heterocycles. The predicted molar refractivity (Wildman–Crippen MR) is 70.2 cm³/mol. The quantitative estimate of drug-likeness (QED) is 0.761. The third kappa shape index (κ3) is 2.25. The summed E-state index contributed by atoms with van der Waals surface area (Å²) < 4.78 is 0. The first-order chi connectivity index (χ1) is 8.49. The summed E-state index contributed by atoms with van der Waals surface area (Å²) in [7, 11) is 0. The lowest BCUT2D eigenvalue weighted by Crippen LogP contribution is -1.92. The molecule has 2 aromatic rings. The zero-order valence-corrected chi connectivity index (χ0v) is 10.4. The van der Waals surface area contributed by atoms with Crippen molar-refractivity contribution in [2.24, 2.45) is 0 Å². The average molecular weight is 244 g/mol. The maximum atomic E-state index is 9.74. The molecule has 0 spiro atoms. The standard InChI is InChI=1S/C15H16O3/c1-9-6-11(7-10(2)15(9)18)8-12-13(16)4-3-5-14(12)17/h3-7,16-18H,8H2,1-2H3. The van der Waals surface area contributed by atoms with Crippen molar-refractivity contribution in [1.29, 1.82) is 0 Å². The SMILES string of the molecule is Cc1cc(Cc2c(O)cccc2O)cc(C)c1O. The molecular weight excluding hydrogens is 228 g/mol. The number of benzene rings is 2. The molecule has 0 unspecified atom stereocenters. The van der Waals surface area contributed by atoms with Crippen LogP contribution in [0.4, 0.5) is 0 Å². The molecule has 94 valence electrons. The molecule has 0 radical (unpaired) electrons. The summed E-state index contributed by atoms with van der Waals surface area (Å²) in [5.74, 6) is 0.456. The number of hydrogen-bond acceptors (Lipinski definition) is 3. The maximum Gasteiger partial charge on any atom is 0.122 e. The fraction of sp³-hybridized carbons (Fsp3) is 0.200. The van der Waals surface area contributed by atoms with E-state index in [2.05, 4.69) is 0 Å². The van der Waals surface area contributed by atoms with Crippen LogP contribution in [-0.2, 0) is 6.42 Å². The van der Waals surface area contributed by atoms with Crippen molar-refractivity contribution in [3.05, 3.63) is 52.6 Å². The molecule has 3 N–H and O–H groups in total. The van der Waals surface area contributed by atoms with Crippen LogP contribution in [0.15, 0.2) is 30.3 Å². The summed E-state index contributed by atoms with van der Waals surface area (Å²) in [5, 5.41) is 29.2. The Balaban J connectivity index is 2.41. The van der Waals surface area contributed by atoms with Gasteiger partial charge in [-0.2, -0.15) is 0 Å². The van der Waals surface area contributed by atoms with Gasteiger partial charge in [0.05, 0.1) is 0 Å². The summed E-state index contributed by atoms with van der Waals surface area (Å²) >= 11 is 0. The molecule has 0 fully saturated rings. The monoisotopic (exact) mass is 244 g/mol. The van der Waals surface area contributed by atoms with Crippen LogP contribution in [0.25, 0.3) is 0 Å². The van der Waals surface area contributed by atoms with Crippen molar-refractivity contribution in [2.45, 2.75) is 20.3 Å². The van der Waals surface area contributed by atoms with Gasteiger partial charge in [0.25, 0.3) is 0 Å². The Hall–Kier alpha value is -2.16. The summed E-state index contributed by atoms with van der Waals surface area (Å²) in [5.41, 5.74) is 3.03. The third-order valence-electron chi connectivity index (χ3n) is 3.06. The molecule has 0 bridgehead atoms. The number of aromatic hydroxyl groups is 3. The second-order valence-electron chi connectivity index (χ2n) is 4.53. The Morgan fingerprint density at radius 1 is 0.889 bits per heavy atom. The van der Waals surface area contributed by atoms with E-state index in [4.69, 9.17) is 0 Å². The zero-order valence-electron chi connectivity index (χ0n) is 10.4. The lowest BCUT2D eigenvalue weighted by Gasteiger charge is -2.10. The van der Waals surface area contributed by atoms with E-state index in [9.17, 15) is 15.3 Å². The van der Waals surface area contributed by atoms with Gasteiger partial charge in [-0.3, -0.25) is 0 Å². The number of phenolic OH excluding ortho intramolecular Hbond substituents is 3. The normalized spacial score (nSPS) is 10.6. The summed E-state index contributed by atoms with van der Waals surface area (Å²) in [6, 6.07) is 8.41. The highest BCUT2D eigenvalue weighted by Crippen LogP contribution is 2.31. The topological polar surface area (TPSA) is 60.7 Å². The molecule has 18 heavy (non-hydrogen) atoms. The van der Waals surface area contributed by atoms with E-state index in [1.54, 1.807) is 18.2 Å². The van der Waals surface area contributed by atoms with Crippen LogP contribution in [0.2, 0.25) is 0 Å². The second kappa shape index (κ2) is 4.61. The zero-order chi connectivity index (χ0) is 13.3. The highest BCUT2D eigenvalue weighted by molar-refractivity contribution is 5.48. The van der Waals surface area contributed by atoms with E-state index in [0.29, 0.717) is 17.7 Å². The fourth-order valence-corrected chi connectivity index (χ4v) is 2.10. The van der Waals surface area contributed by atoms with Gasteiger partial charge in [0, 0.05) is 12.0 Å². The average Bonchev–Trinajstić information content (AvgIpc) is 2.31. The van der Waals surface area contributed by atoms with Crippen molar-refractivity contribution >= 4 is 0 Å². The van der Waals surface area contributed by atoms with E-state index in [0.717, 1.165) is 16.7 Å². The van der Waals surface area contributed by atoms with Crippen molar-refractivity contribution < 1.29 is 15.3 Å². The van der Waals surface area contributed by atoms with E-state index < -0.39 is 0 Å². The highest BCUT2D eigenvalue weighted by Gasteiger charge is 2.10. The Morgan fingerprint density at radius 3 is 1.89 bits per heavy atom. The van der Waals surface area contributed by atoms with E-state index in [-0.39, 0.29) is 11.5 Å². The molecular formula is C15H16O3. The van der Waals surface area contributed by atoms with Gasteiger partial charge in [-0.05, 0) is 42.7 Å². The lowest BCUT2D eigenvalue weighted by atomic mass is 9.99. The molecule has 2 aromatic carbocycles. The molecule has 0 amide bonds. The number of aryl methyl sites for hydroxylation is 2. The van der Waals surface area contributed by atoms with Crippen LogP contribution in [-0.4, -0.2) is 15.3 Å². The summed E-state index contributed by atoms with van der Waals surface area (Å²) in [6.45, 7) is 3.66. The fourth-order valence-electron chi connectivity index (χ4n) is 2.10. The minimum Gasteiger partial charge on any atom is -0.508 e. The number of rotatable bonds is 2. The van der Waals surface area contributed by atoms with Gasteiger partial charge in [-0.25, -0.2) is 0 Å². The van der Waals surface area contributed by atoms with Crippen molar-refractivity contribution in [3.63, 3.8) is 0 Å². The largest absolute Gasteiger partial charge is 0.508 e. The smallest absolute Gasteiger partial charge is 0.122 e. The molecule has 0 saturated carbocycles. The minimum atomic E-state index is 0.0818. The molecule has 2 rings (SSSR count). The lowest BCUT2D eigenvalue weighted by molar-refractivity contribution is 0.440. The van der Waals surface area contributed by atoms with Crippen LogP contribution in [0.3, 0.4) is 0 Å². The highest BCUT2D eigenvalue weighted by atomic mass is 16.3. The van der Waals surface area contributed by atoms with Gasteiger partial charge >= 0.3 is 0 Å².